The molecular weight excluding hydrogens is 395 g/mol. The Morgan fingerprint density at radius 2 is 1.96 bits per heavy atom. The average molecular weight is 410 g/mol. The van der Waals surface area contributed by atoms with Gasteiger partial charge in [-0.15, -0.1) is 0 Å². The molecule has 25 heavy (non-hydrogen) atoms. The van der Waals surface area contributed by atoms with Crippen LogP contribution < -0.4 is 27.4 Å². The maximum atomic E-state index is 12.1. The Morgan fingerprint density at radius 3 is 2.44 bits per heavy atom. The molecule has 2 aromatic rings. The first-order valence-electron chi connectivity index (χ1n) is 6.68. The van der Waals surface area contributed by atoms with Crippen molar-refractivity contribution in [2.45, 2.75) is 6.54 Å². The fraction of sp³-hybridized carbons (Fsp3) is 0.214. The molecule has 0 atom stereocenters. The van der Waals surface area contributed by atoms with E-state index < -0.39 is 12.0 Å². The molecule has 0 fully saturated rings. The van der Waals surface area contributed by atoms with Gasteiger partial charge in [0.25, 0.3) is 5.91 Å². The molecule has 0 radical (unpaired) electrons. The maximum absolute atomic E-state index is 12.1. The zero-order chi connectivity index (χ0) is 17.9. The lowest BCUT2D eigenvalue weighted by Gasteiger charge is -2.16. The zero-order valence-corrected chi connectivity index (χ0v) is 15.5. The van der Waals surface area contributed by atoms with Crippen molar-refractivity contribution < 1.29 is 36.5 Å². The second kappa shape index (κ2) is 8.91. The van der Waals surface area contributed by atoms with Crippen molar-refractivity contribution >= 4 is 46.6 Å². The van der Waals surface area contributed by atoms with Crippen molar-refractivity contribution in [1.82, 2.24) is 4.57 Å². The highest BCUT2D eigenvalue weighted by Crippen LogP contribution is 2.35. The van der Waals surface area contributed by atoms with Crippen LogP contribution in [0.25, 0.3) is 0 Å². The number of ether oxygens (including phenoxy) is 1. The van der Waals surface area contributed by atoms with Gasteiger partial charge >= 0.3 is 6.09 Å². The average Bonchev–Trinajstić information content (AvgIpc) is 2.94. The number of aryl methyl sites for hydroxylation is 1. The van der Waals surface area contributed by atoms with E-state index in [0.717, 1.165) is 0 Å². The lowest BCUT2D eigenvalue weighted by atomic mass is 10.2. The second-order valence-corrected chi connectivity index (χ2v) is 5.67. The third-order valence-corrected chi connectivity index (χ3v) is 3.66. The number of halogens is 3. The number of nitrogens with one attached hydrogen (secondary N) is 1. The third kappa shape index (κ3) is 5.23. The van der Waals surface area contributed by atoms with Crippen molar-refractivity contribution in [3.05, 3.63) is 40.9 Å². The van der Waals surface area contributed by atoms with Gasteiger partial charge in [0.05, 0.1) is 35.6 Å². The summed E-state index contributed by atoms with van der Waals surface area (Å²) in [7, 11) is 3.01. The van der Waals surface area contributed by atoms with Crippen LogP contribution in [0.1, 0.15) is 0 Å². The van der Waals surface area contributed by atoms with E-state index >= 15 is 0 Å². The van der Waals surface area contributed by atoms with Crippen LogP contribution in [0.15, 0.2) is 30.9 Å². The maximum Gasteiger partial charge on any atom is 0.411 e. The summed E-state index contributed by atoms with van der Waals surface area (Å²) < 4.78 is 7.82. The minimum absolute atomic E-state index is 0. The summed E-state index contributed by atoms with van der Waals surface area (Å²) in [5.41, 5.74) is 0.189. The van der Waals surface area contributed by atoms with E-state index in [2.05, 4.69) is 10.1 Å². The summed E-state index contributed by atoms with van der Waals surface area (Å²) >= 11 is 12.1. The number of amides is 2. The summed E-state index contributed by atoms with van der Waals surface area (Å²) in [6, 6.07) is 2.60. The molecule has 0 aliphatic rings. The summed E-state index contributed by atoms with van der Waals surface area (Å²) in [6.07, 6.45) is 4.39. The van der Waals surface area contributed by atoms with Crippen molar-refractivity contribution in [3.8, 4) is 0 Å². The number of imidazole rings is 1. The van der Waals surface area contributed by atoms with E-state index in [0.29, 0.717) is 5.06 Å². The normalized spacial score (nSPS) is 9.96. The standard InChI is InChI=1S/C14H14Cl2N4O4.ClH/c1-18-3-4-19(8-18)7-12(21)20(23)9-5-10(15)13(11(16)6-9)17-14(22)24-2;/h3-6,8,23H,7H2,1-2H3;1H. The fourth-order valence-electron chi connectivity index (χ4n) is 1.92. The van der Waals surface area contributed by atoms with Gasteiger partial charge in [-0.25, -0.2) is 13.9 Å². The van der Waals surface area contributed by atoms with Gasteiger partial charge in [0, 0.05) is 0 Å². The van der Waals surface area contributed by atoms with Gasteiger partial charge in [0.15, 0.2) is 6.54 Å². The van der Waals surface area contributed by atoms with Crippen LogP contribution in [-0.2, 0) is 23.1 Å². The predicted molar refractivity (Wildman–Crippen MR) is 87.4 cm³/mol. The van der Waals surface area contributed by atoms with Gasteiger partial charge < -0.3 is 17.1 Å². The van der Waals surface area contributed by atoms with Crippen LogP contribution in [0.2, 0.25) is 10.0 Å². The van der Waals surface area contributed by atoms with Crippen molar-refractivity contribution in [3.63, 3.8) is 0 Å². The van der Waals surface area contributed by atoms with Crippen molar-refractivity contribution in [1.29, 1.82) is 0 Å². The lowest BCUT2D eigenvalue weighted by molar-refractivity contribution is -0.671. The third-order valence-electron chi connectivity index (χ3n) is 3.06. The van der Waals surface area contributed by atoms with Crippen LogP contribution in [0.4, 0.5) is 16.2 Å². The number of methoxy groups -OCH3 is 1. The van der Waals surface area contributed by atoms with E-state index in [4.69, 9.17) is 23.2 Å². The van der Waals surface area contributed by atoms with Crippen molar-refractivity contribution in [2.75, 3.05) is 17.5 Å². The van der Waals surface area contributed by atoms with Gasteiger partial charge in [-0.2, -0.15) is 5.06 Å². The highest BCUT2D eigenvalue weighted by atomic mass is 35.5. The largest absolute Gasteiger partial charge is 1.00 e. The molecule has 136 valence electrons. The molecular formula is C14H15Cl3N4O4. The van der Waals surface area contributed by atoms with Gasteiger partial charge in [0.1, 0.15) is 12.4 Å². The Kier molecular flexibility index (Phi) is 7.50. The van der Waals surface area contributed by atoms with E-state index in [1.165, 1.54) is 19.2 Å². The van der Waals surface area contributed by atoms with E-state index in [1.807, 2.05) is 7.05 Å². The van der Waals surface area contributed by atoms with Crippen LogP contribution >= 0.6 is 23.2 Å². The highest BCUT2D eigenvalue weighted by Gasteiger charge is 2.20. The van der Waals surface area contributed by atoms with E-state index in [1.54, 1.807) is 27.9 Å². The van der Waals surface area contributed by atoms with Gasteiger partial charge in [0.2, 0.25) is 6.33 Å². The summed E-state index contributed by atoms with van der Waals surface area (Å²) in [5, 5.41) is 12.9. The molecule has 0 spiro atoms. The number of hydrogen-bond acceptors (Lipinski definition) is 4. The number of rotatable bonds is 4. The fourth-order valence-corrected chi connectivity index (χ4v) is 2.49. The molecule has 1 aromatic heterocycles. The molecule has 2 amide bonds. The van der Waals surface area contributed by atoms with Crippen LogP contribution in [-0.4, -0.2) is 28.9 Å². The topological polar surface area (TPSA) is 87.7 Å². The molecule has 0 aliphatic carbocycles. The molecule has 0 saturated carbocycles. The lowest BCUT2D eigenvalue weighted by Crippen LogP contribution is -3.00. The Balaban J connectivity index is 0.00000312. The number of hydrogen-bond donors (Lipinski definition) is 2. The summed E-state index contributed by atoms with van der Waals surface area (Å²) in [4.78, 5) is 23.4. The van der Waals surface area contributed by atoms with Crippen LogP contribution in [0.3, 0.4) is 0 Å². The number of aromatic nitrogens is 2. The molecule has 1 aromatic carbocycles. The van der Waals surface area contributed by atoms with Crippen LogP contribution in [0.5, 0.6) is 0 Å². The number of nitrogens with zero attached hydrogens (tertiary/aromatic N) is 3. The van der Waals surface area contributed by atoms with Gasteiger partial charge in [-0.05, 0) is 12.1 Å². The quantitative estimate of drug-likeness (QED) is 0.394. The number of carbonyl (C=O) groups is 2. The first-order valence-corrected chi connectivity index (χ1v) is 7.44. The first-order chi connectivity index (χ1) is 11.3. The minimum atomic E-state index is -0.746. The zero-order valence-electron chi connectivity index (χ0n) is 13.2. The van der Waals surface area contributed by atoms with Gasteiger partial charge in [-0.3, -0.25) is 15.3 Å². The monoisotopic (exact) mass is 408 g/mol. The SMILES string of the molecule is COC(=O)Nc1c(Cl)cc(N(O)C(=O)Cn2cc[n+](C)c2)cc1Cl.[Cl-]. The Bertz CT molecular complexity index is 758. The Hall–Kier alpha value is -2.00. The summed E-state index contributed by atoms with van der Waals surface area (Å²) in [6.45, 7) is -0.0747. The molecule has 1 heterocycles. The minimum Gasteiger partial charge on any atom is -1.00 e. The van der Waals surface area contributed by atoms with Crippen molar-refractivity contribution in [2.24, 2.45) is 7.05 Å². The first kappa shape index (κ1) is 21.0. The molecule has 0 aliphatic heterocycles. The van der Waals surface area contributed by atoms with Crippen LogP contribution in [0, 0.1) is 0 Å². The second-order valence-electron chi connectivity index (χ2n) is 4.86. The summed E-state index contributed by atoms with van der Waals surface area (Å²) in [5.74, 6) is -0.591. The van der Waals surface area contributed by atoms with Gasteiger partial charge in [-0.1, -0.05) is 23.2 Å². The molecule has 2 rings (SSSR count). The smallest absolute Gasteiger partial charge is 0.411 e. The Morgan fingerprint density at radius 1 is 1.36 bits per heavy atom. The highest BCUT2D eigenvalue weighted by molar-refractivity contribution is 6.40. The number of hydroxylamine groups is 1. The molecule has 2 N–H and O–H groups in total. The molecule has 8 nitrogen and oxygen atoms in total. The van der Waals surface area contributed by atoms with E-state index in [9.17, 15) is 14.8 Å². The number of carbonyl (C=O) groups excluding carboxylic acids is 2. The molecule has 0 bridgehead atoms. The number of anilines is 2. The van der Waals surface area contributed by atoms with E-state index in [-0.39, 0.29) is 40.4 Å². The molecule has 0 saturated heterocycles. The molecule has 11 heteroatoms. The molecule has 0 unspecified atom stereocenters. The predicted octanol–water partition coefficient (Wildman–Crippen LogP) is -0.776. The Labute approximate surface area is 159 Å². The number of benzene rings is 1.